The molecule has 0 N–H and O–H groups in total. The minimum atomic E-state index is -0.0877. The maximum absolute atomic E-state index is 16.2. The molecule has 14 nitrogen and oxygen atoms in total. The number of unbranched alkanes of at least 4 members (excludes halogenated alkanes) is 8. The van der Waals surface area contributed by atoms with Crippen molar-refractivity contribution in [3.05, 3.63) is 194 Å². The molecular formula is C126H158N6O8S9. The van der Waals surface area contributed by atoms with Crippen molar-refractivity contribution in [2.45, 2.75) is 316 Å². The van der Waals surface area contributed by atoms with Gasteiger partial charge in [0.1, 0.15) is 0 Å². The maximum Gasteiger partial charge on any atom is 0.261 e. The lowest BCUT2D eigenvalue weighted by Crippen LogP contribution is -2.34. The summed E-state index contributed by atoms with van der Waals surface area (Å²) in [5, 5.41) is 9.33. The number of hydrogen-bond donors (Lipinski definition) is 0. The maximum atomic E-state index is 16.2. The Bertz CT molecular complexity index is 6420. The Morgan fingerprint density at radius 1 is 0.228 bits per heavy atom. The molecule has 0 bridgehead atoms. The summed E-state index contributed by atoms with van der Waals surface area (Å²) in [6, 6.07) is 42.0. The predicted molar refractivity (Wildman–Crippen MR) is 638 cm³/mol. The molecule has 0 radical (unpaired) electrons. The predicted octanol–water partition coefficient (Wildman–Crippen LogP) is 36.8. The Morgan fingerprint density at radius 3 is 0.698 bits per heavy atom. The lowest BCUT2D eigenvalue weighted by Gasteiger charge is -2.29. The van der Waals surface area contributed by atoms with Gasteiger partial charge in [0.2, 0.25) is 0 Å². The van der Waals surface area contributed by atoms with Gasteiger partial charge in [0, 0.05) is 99.5 Å². The van der Waals surface area contributed by atoms with E-state index in [0.29, 0.717) is 97.8 Å². The van der Waals surface area contributed by atoms with Gasteiger partial charge in [0.05, 0.1) is 110 Å². The molecule has 23 heteroatoms. The number of nitrogens with zero attached hydrogens (tertiary/aromatic N) is 6. The number of hydrogen-bond acceptors (Lipinski definition) is 17. The first-order valence-corrected chi connectivity index (χ1v) is 64.6. The lowest BCUT2D eigenvalue weighted by atomic mass is 9.93. The molecule has 0 fully saturated rings. The van der Waals surface area contributed by atoms with Gasteiger partial charge in [-0.3, -0.25) is 28.8 Å². The zero-order valence-electron chi connectivity index (χ0n) is 91.2. The van der Waals surface area contributed by atoms with E-state index in [-0.39, 0.29) is 71.0 Å². The third kappa shape index (κ3) is 23.3. The first-order valence-electron chi connectivity index (χ1n) is 57.1. The van der Waals surface area contributed by atoms with Crippen LogP contribution in [0.15, 0.2) is 165 Å². The summed E-state index contributed by atoms with van der Waals surface area (Å²) in [7, 11) is 0. The molecule has 15 heterocycles. The Kier molecular flexibility index (Phi) is 38.8. The van der Waals surface area contributed by atoms with Crippen LogP contribution in [0.2, 0.25) is 0 Å². The minimum Gasteiger partial charge on any atom is -0.489 e. The van der Waals surface area contributed by atoms with Gasteiger partial charge in [-0.05, 0) is 223 Å². The molecule has 149 heavy (non-hydrogen) atoms. The molecule has 0 aliphatic carbocycles. The third-order valence-corrected chi connectivity index (χ3v) is 42.4. The monoisotopic (exact) mass is 2170 g/mol. The highest BCUT2D eigenvalue weighted by molar-refractivity contribution is 7.28. The third-order valence-electron chi connectivity index (χ3n) is 32.6. The van der Waals surface area contributed by atoms with Crippen LogP contribution in [-0.4, -0.2) is 117 Å². The Morgan fingerprint density at radius 2 is 0.450 bits per heavy atom. The molecule has 9 aromatic heterocycles. The minimum absolute atomic E-state index is 0.0784. The SMILES string of the molecule is CCCCC(CC)COc1cc2c(-c3ccc(-c4ccc(C5=C6C(=O)N(CC(CC)CCCC)C(c7cccs7)=C6C(=O)N5CC(CC)CCCC)s4)s3)c3cc(-c4ccc(C5=C6C(=O)N(CC(CC)CCCC)C(c7cccs7)=C6C(=O)N5CC(CC)CCCC)s4)sc3c(-c3ccc(-c4ccc(C5=C6C(=O)N(CC(CC)CCCC)C(c7cccs7)=C6C(=O)N5CC(CC)CCCC)s4)s3)c2cc1OCC(CC)CCCC. The van der Waals surface area contributed by atoms with E-state index < -0.39 is 0 Å². The van der Waals surface area contributed by atoms with Crippen molar-refractivity contribution in [1.82, 2.24) is 29.4 Å². The summed E-state index contributed by atoms with van der Waals surface area (Å²) in [4.78, 5) is 122. The van der Waals surface area contributed by atoms with E-state index in [2.05, 4.69) is 224 Å². The van der Waals surface area contributed by atoms with Crippen LogP contribution in [-0.2, 0) is 28.8 Å². The smallest absolute Gasteiger partial charge is 0.261 e. The number of carbonyl (C=O) groups is 6. The van der Waals surface area contributed by atoms with Crippen molar-refractivity contribution in [2.75, 3.05) is 52.5 Å². The molecule has 8 unspecified atom stereocenters. The highest BCUT2D eigenvalue weighted by Gasteiger charge is 2.54. The van der Waals surface area contributed by atoms with E-state index in [9.17, 15) is 0 Å². The number of carbonyl (C=O) groups excluding carboxylic acids is 6. The number of fused-ring (bicyclic) bond motifs is 5. The van der Waals surface area contributed by atoms with Gasteiger partial charge < -0.3 is 38.9 Å². The van der Waals surface area contributed by atoms with Crippen molar-refractivity contribution in [3.8, 4) is 61.6 Å². The van der Waals surface area contributed by atoms with Crippen LogP contribution in [0.1, 0.15) is 346 Å². The second-order valence-electron chi connectivity index (χ2n) is 42.5. The van der Waals surface area contributed by atoms with Crippen LogP contribution >= 0.6 is 102 Å². The molecule has 0 saturated heterocycles. The number of thiophene rings is 9. The zero-order chi connectivity index (χ0) is 105. The second-order valence-corrected chi connectivity index (χ2v) is 51.8. The molecule has 8 atom stereocenters. The summed E-state index contributed by atoms with van der Waals surface area (Å²) < 4.78 is 16.0. The molecule has 6 aliphatic heterocycles. The number of rotatable bonds is 61. The van der Waals surface area contributed by atoms with Crippen molar-refractivity contribution in [3.63, 3.8) is 0 Å². The summed E-state index contributed by atoms with van der Waals surface area (Å²) in [5.74, 6) is 3.08. The van der Waals surface area contributed by atoms with E-state index in [4.69, 9.17) is 9.47 Å². The van der Waals surface area contributed by atoms with Gasteiger partial charge in [-0.15, -0.1) is 102 Å². The van der Waals surface area contributed by atoms with Crippen molar-refractivity contribution >= 4 is 193 Å². The van der Waals surface area contributed by atoms with Gasteiger partial charge in [-0.2, -0.15) is 0 Å². The molecular weight excluding hydrogens is 2010 g/mol. The Hall–Kier alpha value is -8.88. The average molecular weight is 2170 g/mol. The topological polar surface area (TPSA) is 140 Å². The van der Waals surface area contributed by atoms with Crippen molar-refractivity contribution in [1.29, 1.82) is 0 Å². The fraction of sp³-hybridized carbons (Fsp3) is 0.508. The van der Waals surface area contributed by atoms with Gasteiger partial charge in [-0.25, -0.2) is 0 Å². The standard InChI is InChI=1S/C126H158N6O8S9/c1-17-33-44-79(25-9)71-127-114(99-52-41-65-141-99)108-111(124(127)136)117(130(121(108)133)74-82(28-12)47-36-20-4)102-62-57-94(146-102)92-55-60-97(144-92)106-87-68-90(139-77-85(31-15)50-39-23-7)91(140-78-86(32-16)51-40-24-8)69-88(87)107(98-61-56-93(145-98)95-58-63-103(147-95)118-112-109(122(134)131(118)75-83(29-13)48-37-21-5)115(100-53-42-66-142-100)128(125(112)137)72-80(26-10)45-34-18-2)120-89(106)70-105(149-120)96-59-64-104(148-96)119-113-110(123(135)132(119)76-84(30-14)49-38-22-6)116(101-54-43-67-143-101)129(126(113)138)73-81(27-11)46-35-19-3/h41-43,52-70,79-86H,17-40,44-51,71-78H2,1-16H3. The quantitative estimate of drug-likeness (QED) is 0.0367. The largest absolute Gasteiger partial charge is 0.489 e. The fourth-order valence-electron chi connectivity index (χ4n) is 23.1. The van der Waals surface area contributed by atoms with Crippen LogP contribution in [0.4, 0.5) is 0 Å². The summed E-state index contributed by atoms with van der Waals surface area (Å²) >= 11 is 15.2. The van der Waals surface area contributed by atoms with Crippen molar-refractivity contribution < 1.29 is 38.2 Å². The molecule has 0 spiro atoms. The van der Waals surface area contributed by atoms with E-state index in [1.807, 2.05) is 47.6 Å². The molecule has 794 valence electrons. The van der Waals surface area contributed by atoms with Crippen LogP contribution < -0.4 is 9.47 Å². The molecule has 6 aliphatic rings. The lowest BCUT2D eigenvalue weighted by molar-refractivity contribution is -0.124. The van der Waals surface area contributed by atoms with Gasteiger partial charge in [0.15, 0.2) is 11.5 Å². The summed E-state index contributed by atoms with van der Waals surface area (Å²) in [6.45, 7) is 40.3. The Balaban J connectivity index is 0.887. The van der Waals surface area contributed by atoms with Crippen molar-refractivity contribution in [2.24, 2.45) is 47.3 Å². The van der Waals surface area contributed by atoms with E-state index in [0.717, 1.165) is 351 Å². The fourth-order valence-corrected chi connectivity index (χ4v) is 32.4. The highest BCUT2D eigenvalue weighted by Crippen LogP contribution is 2.60. The molecule has 11 aromatic rings. The van der Waals surface area contributed by atoms with Crippen LogP contribution in [0.5, 0.6) is 11.5 Å². The molecule has 6 amide bonds. The normalized spacial score (nSPS) is 16.8. The molecule has 2 aromatic carbocycles. The van der Waals surface area contributed by atoms with E-state index >= 15 is 28.8 Å². The first kappa shape index (κ1) is 111. The Labute approximate surface area is 924 Å². The second kappa shape index (κ2) is 51.9. The van der Waals surface area contributed by atoms with Crippen LogP contribution in [0.25, 0.3) is 105 Å². The summed E-state index contributed by atoms with van der Waals surface area (Å²) in [5.41, 5.74) is 9.84. The summed E-state index contributed by atoms with van der Waals surface area (Å²) in [6.07, 6.45) is 32.7. The van der Waals surface area contributed by atoms with Gasteiger partial charge in [0.25, 0.3) is 35.4 Å². The number of benzene rings is 2. The van der Waals surface area contributed by atoms with E-state index in [1.165, 1.54) is 0 Å². The van der Waals surface area contributed by atoms with Gasteiger partial charge in [-0.1, -0.05) is 283 Å². The van der Waals surface area contributed by atoms with Gasteiger partial charge >= 0.3 is 0 Å². The molecule has 0 saturated carbocycles. The van der Waals surface area contributed by atoms with Crippen LogP contribution in [0, 0.1) is 47.3 Å². The van der Waals surface area contributed by atoms with E-state index in [1.54, 1.807) is 102 Å². The molecule has 17 rings (SSSR count). The highest BCUT2D eigenvalue weighted by atomic mass is 32.1. The zero-order valence-corrected chi connectivity index (χ0v) is 98.6. The van der Waals surface area contributed by atoms with Crippen LogP contribution in [0.3, 0.4) is 0 Å². The number of ether oxygens (including phenoxy) is 2. The average Bonchev–Trinajstić information content (AvgIpc) is 1.54. The first-order chi connectivity index (χ1) is 72.7. The number of amides is 6.